The number of hydrogen-bond acceptors (Lipinski definition) is 6. The Labute approximate surface area is 121 Å². The van der Waals surface area contributed by atoms with Crippen LogP contribution in [-0.4, -0.2) is 31.7 Å². The molecule has 2 rings (SSSR count). The second kappa shape index (κ2) is 6.11. The van der Waals surface area contributed by atoms with E-state index >= 15 is 0 Å². The summed E-state index contributed by atoms with van der Waals surface area (Å²) in [5.41, 5.74) is 11.7. The SMILES string of the molecule is CCN(CC1CCCO1)c1sc(C#N)c(N)c1C(N)=O. The Kier molecular flexibility index (Phi) is 4.47. The number of amides is 1. The van der Waals surface area contributed by atoms with E-state index in [1.807, 2.05) is 17.9 Å². The van der Waals surface area contributed by atoms with Gasteiger partial charge in [0.25, 0.3) is 5.91 Å². The van der Waals surface area contributed by atoms with Crippen LogP contribution in [0.25, 0.3) is 0 Å². The van der Waals surface area contributed by atoms with Crippen LogP contribution in [0.15, 0.2) is 0 Å². The maximum absolute atomic E-state index is 11.6. The van der Waals surface area contributed by atoms with Crippen molar-refractivity contribution in [3.05, 3.63) is 10.4 Å². The summed E-state index contributed by atoms with van der Waals surface area (Å²) >= 11 is 1.21. The highest BCUT2D eigenvalue weighted by molar-refractivity contribution is 7.17. The number of thiophene rings is 1. The van der Waals surface area contributed by atoms with E-state index in [1.165, 1.54) is 11.3 Å². The van der Waals surface area contributed by atoms with E-state index in [4.69, 9.17) is 21.5 Å². The zero-order valence-corrected chi connectivity index (χ0v) is 12.2. The van der Waals surface area contributed by atoms with E-state index in [0.717, 1.165) is 19.4 Å². The predicted octanol–water partition coefficient (Wildman–Crippen LogP) is 1.31. The van der Waals surface area contributed by atoms with Crippen molar-refractivity contribution >= 4 is 27.9 Å². The maximum atomic E-state index is 11.6. The van der Waals surface area contributed by atoms with Gasteiger partial charge in [-0.1, -0.05) is 0 Å². The molecule has 1 saturated heterocycles. The molecule has 1 aliphatic heterocycles. The molecule has 1 aromatic rings. The minimum Gasteiger partial charge on any atom is -0.396 e. The fourth-order valence-electron chi connectivity index (χ4n) is 2.37. The summed E-state index contributed by atoms with van der Waals surface area (Å²) in [5, 5.41) is 9.73. The normalized spacial score (nSPS) is 17.9. The number of hydrogen-bond donors (Lipinski definition) is 2. The smallest absolute Gasteiger partial charge is 0.253 e. The Morgan fingerprint density at radius 3 is 2.90 bits per heavy atom. The largest absolute Gasteiger partial charge is 0.396 e. The van der Waals surface area contributed by atoms with Gasteiger partial charge in [0, 0.05) is 19.7 Å². The molecular formula is C13H18N4O2S. The van der Waals surface area contributed by atoms with Crippen molar-refractivity contribution in [3.8, 4) is 6.07 Å². The first-order valence-corrected chi connectivity index (χ1v) is 7.38. The third kappa shape index (κ3) is 2.71. The van der Waals surface area contributed by atoms with Crippen LogP contribution in [0.3, 0.4) is 0 Å². The first kappa shape index (κ1) is 14.6. The minimum absolute atomic E-state index is 0.157. The van der Waals surface area contributed by atoms with Gasteiger partial charge in [-0.05, 0) is 19.8 Å². The second-order valence-corrected chi connectivity index (χ2v) is 5.67. The predicted molar refractivity (Wildman–Crippen MR) is 78.8 cm³/mol. The van der Waals surface area contributed by atoms with Gasteiger partial charge < -0.3 is 21.1 Å². The van der Waals surface area contributed by atoms with Crippen molar-refractivity contribution in [2.75, 3.05) is 30.3 Å². The molecule has 7 heteroatoms. The molecule has 1 aliphatic rings. The Morgan fingerprint density at radius 2 is 2.40 bits per heavy atom. The van der Waals surface area contributed by atoms with Gasteiger partial charge in [-0.25, -0.2) is 0 Å². The van der Waals surface area contributed by atoms with Crippen molar-refractivity contribution in [2.24, 2.45) is 5.73 Å². The van der Waals surface area contributed by atoms with Crippen molar-refractivity contribution in [1.29, 1.82) is 5.26 Å². The molecule has 1 atom stereocenters. The number of primary amides is 1. The summed E-state index contributed by atoms with van der Waals surface area (Å²) in [6, 6.07) is 2.01. The van der Waals surface area contributed by atoms with Gasteiger partial charge in [0.15, 0.2) is 0 Å². The fourth-order valence-corrected chi connectivity index (χ4v) is 3.46. The molecule has 0 spiro atoms. The molecule has 0 radical (unpaired) electrons. The summed E-state index contributed by atoms with van der Waals surface area (Å²) in [6.45, 7) is 4.15. The van der Waals surface area contributed by atoms with Crippen molar-refractivity contribution in [3.63, 3.8) is 0 Å². The van der Waals surface area contributed by atoms with Gasteiger partial charge in [0.05, 0.1) is 17.4 Å². The third-order valence-electron chi connectivity index (χ3n) is 3.39. The number of carbonyl (C=O) groups is 1. The van der Waals surface area contributed by atoms with Gasteiger partial charge in [0.1, 0.15) is 15.9 Å². The Hall–Kier alpha value is -1.78. The second-order valence-electron chi connectivity index (χ2n) is 4.67. The van der Waals surface area contributed by atoms with Gasteiger partial charge in [0.2, 0.25) is 0 Å². The van der Waals surface area contributed by atoms with Crippen LogP contribution >= 0.6 is 11.3 Å². The molecule has 1 amide bonds. The van der Waals surface area contributed by atoms with Crippen LogP contribution in [0.5, 0.6) is 0 Å². The Bertz CT molecular complexity index is 543. The fraction of sp³-hybridized carbons (Fsp3) is 0.538. The molecule has 1 unspecified atom stereocenters. The Morgan fingerprint density at radius 1 is 1.65 bits per heavy atom. The van der Waals surface area contributed by atoms with E-state index in [-0.39, 0.29) is 17.4 Å². The molecule has 0 bridgehead atoms. The molecule has 6 nitrogen and oxygen atoms in total. The van der Waals surface area contributed by atoms with Crippen molar-refractivity contribution in [2.45, 2.75) is 25.9 Å². The Balaban J connectivity index is 2.33. The molecule has 0 aliphatic carbocycles. The average molecular weight is 294 g/mol. The summed E-state index contributed by atoms with van der Waals surface area (Å²) < 4.78 is 5.62. The summed E-state index contributed by atoms with van der Waals surface area (Å²) in [6.07, 6.45) is 2.22. The monoisotopic (exact) mass is 294 g/mol. The first-order chi connectivity index (χ1) is 9.58. The number of nitriles is 1. The average Bonchev–Trinajstić information content (AvgIpc) is 3.03. The van der Waals surface area contributed by atoms with E-state index < -0.39 is 5.91 Å². The molecular weight excluding hydrogens is 276 g/mol. The number of anilines is 2. The van der Waals surface area contributed by atoms with Crippen molar-refractivity contribution in [1.82, 2.24) is 0 Å². The lowest BCUT2D eigenvalue weighted by atomic mass is 10.2. The van der Waals surface area contributed by atoms with Gasteiger partial charge in [-0.2, -0.15) is 5.26 Å². The van der Waals surface area contributed by atoms with Crippen LogP contribution in [0.4, 0.5) is 10.7 Å². The van der Waals surface area contributed by atoms with E-state index in [9.17, 15) is 4.79 Å². The summed E-state index contributed by atoms with van der Waals surface area (Å²) in [5.74, 6) is -0.596. The number of nitrogen functional groups attached to an aromatic ring is 1. The molecule has 4 N–H and O–H groups in total. The quantitative estimate of drug-likeness (QED) is 0.851. The zero-order chi connectivity index (χ0) is 14.7. The summed E-state index contributed by atoms with van der Waals surface area (Å²) in [7, 11) is 0. The topological polar surface area (TPSA) is 105 Å². The number of carbonyl (C=O) groups excluding carboxylic acids is 1. The third-order valence-corrected chi connectivity index (χ3v) is 4.56. The van der Waals surface area contributed by atoms with E-state index in [0.29, 0.717) is 23.0 Å². The molecule has 0 saturated carbocycles. The van der Waals surface area contributed by atoms with Crippen LogP contribution in [0.2, 0.25) is 0 Å². The molecule has 108 valence electrons. The van der Waals surface area contributed by atoms with Gasteiger partial charge in [-0.3, -0.25) is 4.79 Å². The van der Waals surface area contributed by atoms with E-state index in [2.05, 4.69) is 0 Å². The maximum Gasteiger partial charge on any atom is 0.253 e. The lowest BCUT2D eigenvalue weighted by Crippen LogP contribution is -2.33. The first-order valence-electron chi connectivity index (χ1n) is 6.57. The highest BCUT2D eigenvalue weighted by Crippen LogP contribution is 2.38. The highest BCUT2D eigenvalue weighted by atomic mass is 32.1. The van der Waals surface area contributed by atoms with Crippen LogP contribution in [0.1, 0.15) is 35.0 Å². The number of nitrogens with two attached hydrogens (primary N) is 2. The number of nitrogens with zero attached hydrogens (tertiary/aromatic N) is 2. The molecule has 20 heavy (non-hydrogen) atoms. The standard InChI is InChI=1S/C13H18N4O2S/c1-2-17(7-8-4-3-5-19-8)13-10(12(16)18)11(15)9(6-14)20-13/h8H,2-5,7,15H2,1H3,(H2,16,18). The van der Waals surface area contributed by atoms with Crippen LogP contribution < -0.4 is 16.4 Å². The minimum atomic E-state index is -0.596. The molecule has 1 fully saturated rings. The molecule has 0 aromatic carbocycles. The van der Waals surface area contributed by atoms with E-state index in [1.54, 1.807) is 0 Å². The number of ether oxygens (including phenoxy) is 1. The molecule has 1 aromatic heterocycles. The number of likely N-dealkylation sites (N-methyl/N-ethyl adjacent to an activating group) is 1. The van der Waals surface area contributed by atoms with Gasteiger partial charge >= 0.3 is 0 Å². The summed E-state index contributed by atoms with van der Waals surface area (Å²) in [4.78, 5) is 14.0. The lowest BCUT2D eigenvalue weighted by Gasteiger charge is -2.25. The molecule has 2 heterocycles. The zero-order valence-electron chi connectivity index (χ0n) is 11.4. The van der Waals surface area contributed by atoms with Crippen LogP contribution in [0, 0.1) is 11.3 Å². The van der Waals surface area contributed by atoms with Crippen LogP contribution in [-0.2, 0) is 4.74 Å². The van der Waals surface area contributed by atoms with Crippen molar-refractivity contribution < 1.29 is 9.53 Å². The van der Waals surface area contributed by atoms with Gasteiger partial charge in [-0.15, -0.1) is 11.3 Å². The number of rotatable bonds is 5. The lowest BCUT2D eigenvalue weighted by molar-refractivity contribution is 0.100. The highest BCUT2D eigenvalue weighted by Gasteiger charge is 2.26.